The van der Waals surface area contributed by atoms with Crippen molar-refractivity contribution in [2.75, 3.05) is 13.2 Å². The minimum Gasteiger partial charge on any atom is -0.484 e. The number of carbonyl (C=O) groups is 2. The highest BCUT2D eigenvalue weighted by atomic mass is 79.9. The molecule has 3 rings (SSSR count). The predicted molar refractivity (Wildman–Crippen MR) is 134 cm³/mol. The molecule has 0 radical (unpaired) electrons. The van der Waals surface area contributed by atoms with E-state index in [1.54, 1.807) is 29.2 Å². The molecule has 0 aliphatic carbocycles. The van der Waals surface area contributed by atoms with Gasteiger partial charge >= 0.3 is 0 Å². The molecule has 0 saturated heterocycles. The highest BCUT2D eigenvalue weighted by Crippen LogP contribution is 2.19. The van der Waals surface area contributed by atoms with Gasteiger partial charge in [-0.3, -0.25) is 9.59 Å². The Bertz CT molecular complexity index is 1060. The van der Waals surface area contributed by atoms with Crippen molar-refractivity contribution in [3.05, 3.63) is 99.5 Å². The summed E-state index contributed by atoms with van der Waals surface area (Å²) in [4.78, 5) is 28.0. The highest BCUT2D eigenvalue weighted by molar-refractivity contribution is 9.10. The first kappa shape index (κ1) is 24.8. The molecule has 0 aliphatic rings. The van der Waals surface area contributed by atoms with Crippen molar-refractivity contribution in [1.82, 2.24) is 10.2 Å². The van der Waals surface area contributed by atoms with Crippen LogP contribution in [0.1, 0.15) is 18.1 Å². The molecule has 2 amide bonds. The molecule has 0 aromatic heterocycles. The van der Waals surface area contributed by atoms with Crippen molar-refractivity contribution >= 4 is 39.3 Å². The van der Waals surface area contributed by atoms with Crippen LogP contribution in [-0.4, -0.2) is 35.9 Å². The Labute approximate surface area is 207 Å². The molecular weight excluding hydrogens is 504 g/mol. The van der Waals surface area contributed by atoms with E-state index in [1.807, 2.05) is 61.5 Å². The summed E-state index contributed by atoms with van der Waals surface area (Å²) in [5, 5.41) is 3.45. The van der Waals surface area contributed by atoms with Crippen molar-refractivity contribution in [2.24, 2.45) is 0 Å². The van der Waals surface area contributed by atoms with Gasteiger partial charge in [0.1, 0.15) is 11.8 Å². The monoisotopic (exact) mass is 528 g/mol. The number of rotatable bonds is 10. The molecule has 0 saturated carbocycles. The van der Waals surface area contributed by atoms with E-state index >= 15 is 0 Å². The average Bonchev–Trinajstić information content (AvgIpc) is 2.81. The summed E-state index contributed by atoms with van der Waals surface area (Å²) >= 11 is 9.56. The van der Waals surface area contributed by atoms with Crippen LogP contribution < -0.4 is 10.1 Å². The maximum absolute atomic E-state index is 13.4. The molecule has 172 valence electrons. The van der Waals surface area contributed by atoms with Crippen LogP contribution in [0.5, 0.6) is 5.75 Å². The number of ether oxygens (including phenoxy) is 1. The molecule has 3 aromatic rings. The second-order valence-electron chi connectivity index (χ2n) is 7.49. The molecule has 5 nitrogen and oxygen atoms in total. The first-order chi connectivity index (χ1) is 16.0. The van der Waals surface area contributed by atoms with E-state index < -0.39 is 6.04 Å². The van der Waals surface area contributed by atoms with Gasteiger partial charge in [0.15, 0.2) is 6.61 Å². The summed E-state index contributed by atoms with van der Waals surface area (Å²) in [6, 6.07) is 23.5. The largest absolute Gasteiger partial charge is 0.484 e. The minimum atomic E-state index is -0.702. The Morgan fingerprint density at radius 1 is 1.00 bits per heavy atom. The zero-order valence-electron chi connectivity index (χ0n) is 18.3. The van der Waals surface area contributed by atoms with Crippen LogP contribution in [0.3, 0.4) is 0 Å². The van der Waals surface area contributed by atoms with Crippen LogP contribution in [0.4, 0.5) is 0 Å². The second kappa shape index (κ2) is 12.4. The third-order valence-electron chi connectivity index (χ3n) is 5.04. The van der Waals surface area contributed by atoms with Gasteiger partial charge in [0.05, 0.1) is 0 Å². The lowest BCUT2D eigenvalue weighted by atomic mass is 10.0. The molecule has 1 N–H and O–H groups in total. The number of hydrogen-bond acceptors (Lipinski definition) is 3. The van der Waals surface area contributed by atoms with Gasteiger partial charge in [0.2, 0.25) is 5.91 Å². The molecule has 1 atom stereocenters. The Kier molecular flexibility index (Phi) is 9.34. The van der Waals surface area contributed by atoms with Crippen molar-refractivity contribution in [3.8, 4) is 5.75 Å². The van der Waals surface area contributed by atoms with Gasteiger partial charge in [-0.1, -0.05) is 70.0 Å². The number of nitrogens with zero attached hydrogens (tertiary/aromatic N) is 1. The van der Waals surface area contributed by atoms with Crippen molar-refractivity contribution < 1.29 is 14.3 Å². The average molecular weight is 530 g/mol. The third kappa shape index (κ3) is 7.62. The number of carbonyl (C=O) groups excluding carboxylic acids is 2. The number of benzene rings is 3. The van der Waals surface area contributed by atoms with Gasteiger partial charge in [-0.15, -0.1) is 0 Å². The smallest absolute Gasteiger partial charge is 0.261 e. The molecule has 0 fully saturated rings. The fourth-order valence-electron chi connectivity index (χ4n) is 3.44. The van der Waals surface area contributed by atoms with E-state index in [9.17, 15) is 9.59 Å². The topological polar surface area (TPSA) is 58.6 Å². The summed E-state index contributed by atoms with van der Waals surface area (Å²) in [5.41, 5.74) is 1.80. The van der Waals surface area contributed by atoms with Crippen molar-refractivity contribution in [3.63, 3.8) is 0 Å². The third-order valence-corrected chi connectivity index (χ3v) is 5.80. The number of halogens is 2. The minimum absolute atomic E-state index is 0.188. The van der Waals surface area contributed by atoms with Crippen LogP contribution in [-0.2, 0) is 22.6 Å². The van der Waals surface area contributed by atoms with Crippen molar-refractivity contribution in [2.45, 2.75) is 25.9 Å². The van der Waals surface area contributed by atoms with Gasteiger partial charge in [-0.25, -0.2) is 0 Å². The van der Waals surface area contributed by atoms with Gasteiger partial charge in [0, 0.05) is 29.0 Å². The Balaban J connectivity index is 1.88. The Hall–Kier alpha value is -2.83. The number of likely N-dealkylation sites (N-methyl/N-ethyl adjacent to an activating group) is 1. The predicted octanol–water partition coefficient (Wildman–Crippen LogP) is 5.26. The van der Waals surface area contributed by atoms with Crippen LogP contribution >= 0.6 is 27.5 Å². The van der Waals surface area contributed by atoms with Crippen LogP contribution in [0.2, 0.25) is 5.02 Å². The van der Waals surface area contributed by atoms with Crippen molar-refractivity contribution in [1.29, 1.82) is 0 Å². The van der Waals surface area contributed by atoms with Gasteiger partial charge in [-0.05, 0) is 54.4 Å². The van der Waals surface area contributed by atoms with E-state index in [0.717, 1.165) is 15.6 Å². The molecule has 7 heteroatoms. The molecule has 33 heavy (non-hydrogen) atoms. The molecule has 0 bridgehead atoms. The summed E-state index contributed by atoms with van der Waals surface area (Å²) in [7, 11) is 0. The van der Waals surface area contributed by atoms with Crippen LogP contribution in [0, 0.1) is 0 Å². The molecule has 0 heterocycles. The van der Waals surface area contributed by atoms with E-state index in [4.69, 9.17) is 16.3 Å². The SMILES string of the molecule is CCNC(=O)[C@H](Cc1ccccc1)N(Cc1cccc(Cl)c1)C(=O)COc1ccc(Br)cc1. The van der Waals surface area contributed by atoms with Gasteiger partial charge in [0.25, 0.3) is 5.91 Å². The van der Waals surface area contributed by atoms with E-state index in [2.05, 4.69) is 21.2 Å². The molecular formula is C26H26BrClN2O3. The summed E-state index contributed by atoms with van der Waals surface area (Å²) in [6.07, 6.45) is 0.386. The van der Waals surface area contributed by atoms with Crippen LogP contribution in [0.15, 0.2) is 83.3 Å². The molecule has 0 spiro atoms. The van der Waals surface area contributed by atoms with E-state index in [1.165, 1.54) is 0 Å². The van der Waals surface area contributed by atoms with E-state index in [0.29, 0.717) is 23.7 Å². The summed E-state index contributed by atoms with van der Waals surface area (Å²) in [6.45, 7) is 2.38. The Morgan fingerprint density at radius 3 is 2.36 bits per heavy atom. The lowest BCUT2D eigenvalue weighted by Crippen LogP contribution is -2.51. The second-order valence-corrected chi connectivity index (χ2v) is 8.85. The molecule has 0 unspecified atom stereocenters. The van der Waals surface area contributed by atoms with Crippen LogP contribution in [0.25, 0.3) is 0 Å². The number of hydrogen-bond donors (Lipinski definition) is 1. The summed E-state index contributed by atoms with van der Waals surface area (Å²) < 4.78 is 6.65. The first-order valence-corrected chi connectivity index (χ1v) is 11.9. The molecule has 0 aliphatic heterocycles. The number of amides is 2. The lowest BCUT2D eigenvalue weighted by molar-refractivity contribution is -0.142. The van der Waals surface area contributed by atoms with E-state index in [-0.39, 0.29) is 25.0 Å². The maximum atomic E-state index is 13.4. The zero-order valence-corrected chi connectivity index (χ0v) is 20.7. The first-order valence-electron chi connectivity index (χ1n) is 10.7. The van der Waals surface area contributed by atoms with Gasteiger partial charge < -0.3 is 15.0 Å². The standard InChI is InChI=1S/C26H26BrClN2O3/c1-2-29-26(32)24(16-19-7-4-3-5-8-19)30(17-20-9-6-10-22(28)15-20)25(31)18-33-23-13-11-21(27)12-14-23/h3-15,24H,2,16-18H2,1H3,(H,29,32)/t24-/m0/s1. The number of nitrogens with one attached hydrogen (secondary N) is 1. The zero-order chi connectivity index (χ0) is 23.6. The lowest BCUT2D eigenvalue weighted by Gasteiger charge is -2.31. The summed E-state index contributed by atoms with van der Waals surface area (Å²) in [5.74, 6) is 0.0809. The normalized spacial score (nSPS) is 11.5. The fraction of sp³-hybridized carbons (Fsp3) is 0.231. The Morgan fingerprint density at radius 2 is 1.70 bits per heavy atom. The fourth-order valence-corrected chi connectivity index (χ4v) is 3.91. The highest BCUT2D eigenvalue weighted by Gasteiger charge is 2.30. The quantitative estimate of drug-likeness (QED) is 0.390. The van der Waals surface area contributed by atoms with Gasteiger partial charge in [-0.2, -0.15) is 0 Å². The maximum Gasteiger partial charge on any atom is 0.261 e. The molecule has 3 aromatic carbocycles.